The zero-order valence-corrected chi connectivity index (χ0v) is 11.8. The molecule has 0 atom stereocenters. The van der Waals surface area contributed by atoms with Gasteiger partial charge in [-0.05, 0) is 25.9 Å². The molecule has 4 nitrogen and oxygen atoms in total. The van der Waals surface area contributed by atoms with Crippen molar-refractivity contribution < 1.29 is 8.42 Å². The Labute approximate surface area is 107 Å². The fourth-order valence-electron chi connectivity index (χ4n) is 1.71. The molecule has 0 aromatic carbocycles. The van der Waals surface area contributed by atoms with Crippen molar-refractivity contribution in [2.24, 2.45) is 0 Å². The van der Waals surface area contributed by atoms with Crippen LogP contribution in [0, 0.1) is 0 Å². The summed E-state index contributed by atoms with van der Waals surface area (Å²) in [5, 5.41) is 6.59. The quantitative estimate of drug-likeness (QED) is 0.464. The van der Waals surface area contributed by atoms with E-state index in [1.807, 2.05) is 0 Å². The van der Waals surface area contributed by atoms with Gasteiger partial charge in [-0.1, -0.05) is 10.8 Å². The van der Waals surface area contributed by atoms with Gasteiger partial charge >= 0.3 is 0 Å². The van der Waals surface area contributed by atoms with Crippen LogP contribution in [-0.2, 0) is 9.84 Å². The Kier molecular flexibility index (Phi) is 7.14. The lowest BCUT2D eigenvalue weighted by Gasteiger charge is -2.23. The Morgan fingerprint density at radius 2 is 2.00 bits per heavy atom. The number of nitrogens with one attached hydrogen (secondary N) is 2. The van der Waals surface area contributed by atoms with Crippen LogP contribution in [0.5, 0.6) is 0 Å². The average molecular weight is 284 g/mol. The molecule has 0 spiro atoms. The average Bonchev–Trinajstić information content (AvgIpc) is 2.28. The molecular weight excluding hydrogens is 264 g/mol. The van der Waals surface area contributed by atoms with E-state index in [4.69, 9.17) is 0 Å². The molecule has 0 unspecified atom stereocenters. The molecule has 1 aliphatic heterocycles. The zero-order chi connectivity index (χ0) is 11.9. The van der Waals surface area contributed by atoms with E-state index in [0.717, 1.165) is 25.9 Å². The lowest BCUT2D eigenvalue weighted by atomic mass is 10.1. The second-order valence-corrected chi connectivity index (χ2v) is 7.71. The Balaban J connectivity index is 2.13. The van der Waals surface area contributed by atoms with Gasteiger partial charge in [0, 0.05) is 18.3 Å². The minimum atomic E-state index is -2.89. The monoisotopic (exact) mass is 284 g/mol. The van der Waals surface area contributed by atoms with E-state index in [1.165, 1.54) is 10.8 Å². The minimum Gasteiger partial charge on any atom is -0.317 e. The summed E-state index contributed by atoms with van der Waals surface area (Å²) in [6, 6.07) is 0.482. The molecule has 0 aromatic rings. The number of hydrogen-bond donors (Lipinski definition) is 3. The molecular formula is C9H20N2O2S3. The van der Waals surface area contributed by atoms with Gasteiger partial charge in [0.2, 0.25) is 0 Å². The van der Waals surface area contributed by atoms with Gasteiger partial charge in [0.25, 0.3) is 0 Å². The smallest absolute Gasteiger partial charge is 0.152 e. The van der Waals surface area contributed by atoms with Crippen molar-refractivity contribution >= 4 is 32.3 Å². The highest BCUT2D eigenvalue weighted by molar-refractivity contribution is 8.68. The van der Waals surface area contributed by atoms with Gasteiger partial charge in [-0.3, -0.25) is 0 Å². The summed E-state index contributed by atoms with van der Waals surface area (Å²) in [7, 11) is -1.62. The molecule has 0 saturated carbocycles. The summed E-state index contributed by atoms with van der Waals surface area (Å²) in [6.07, 6.45) is 2.18. The maximum atomic E-state index is 11.5. The van der Waals surface area contributed by atoms with E-state index < -0.39 is 9.84 Å². The van der Waals surface area contributed by atoms with Crippen molar-refractivity contribution in [1.82, 2.24) is 10.6 Å². The Morgan fingerprint density at radius 3 is 2.62 bits per heavy atom. The molecule has 0 aromatic heterocycles. The van der Waals surface area contributed by atoms with Crippen molar-refractivity contribution in [2.45, 2.75) is 18.9 Å². The van der Waals surface area contributed by atoms with E-state index in [2.05, 4.69) is 22.3 Å². The number of thiol groups is 1. The van der Waals surface area contributed by atoms with Crippen LogP contribution in [0.2, 0.25) is 0 Å². The van der Waals surface area contributed by atoms with E-state index in [0.29, 0.717) is 18.3 Å². The van der Waals surface area contributed by atoms with Crippen LogP contribution >= 0.6 is 22.5 Å². The van der Waals surface area contributed by atoms with E-state index in [1.54, 1.807) is 0 Å². The maximum absolute atomic E-state index is 11.5. The van der Waals surface area contributed by atoms with Crippen LogP contribution < -0.4 is 10.6 Å². The summed E-state index contributed by atoms with van der Waals surface area (Å²) >= 11 is 3.94. The highest BCUT2D eigenvalue weighted by Gasteiger charge is 2.14. The SMILES string of the molecule is O=S(=O)(CCNC1CCNCC1)CCSS. The van der Waals surface area contributed by atoms with Gasteiger partial charge in [-0.2, -0.15) is 0 Å². The first-order chi connectivity index (χ1) is 7.64. The molecule has 0 bridgehead atoms. The fraction of sp³-hybridized carbons (Fsp3) is 1.00. The number of rotatable bonds is 7. The van der Waals surface area contributed by atoms with Crippen LogP contribution in [0.3, 0.4) is 0 Å². The van der Waals surface area contributed by atoms with Crippen molar-refractivity contribution in [1.29, 1.82) is 0 Å². The van der Waals surface area contributed by atoms with E-state index in [9.17, 15) is 8.42 Å². The van der Waals surface area contributed by atoms with Crippen LogP contribution in [0.4, 0.5) is 0 Å². The van der Waals surface area contributed by atoms with Crippen LogP contribution in [0.1, 0.15) is 12.8 Å². The zero-order valence-electron chi connectivity index (χ0n) is 9.31. The molecule has 1 saturated heterocycles. The normalized spacial score (nSPS) is 18.8. The molecule has 16 heavy (non-hydrogen) atoms. The highest BCUT2D eigenvalue weighted by Crippen LogP contribution is 2.06. The topological polar surface area (TPSA) is 58.2 Å². The minimum absolute atomic E-state index is 0.231. The molecule has 1 fully saturated rings. The molecule has 7 heteroatoms. The van der Waals surface area contributed by atoms with Crippen LogP contribution in [0.25, 0.3) is 0 Å². The Bertz CT molecular complexity index is 276. The molecule has 2 N–H and O–H groups in total. The molecule has 1 heterocycles. The first kappa shape index (κ1) is 14.6. The van der Waals surface area contributed by atoms with Crippen molar-refractivity contribution in [3.8, 4) is 0 Å². The van der Waals surface area contributed by atoms with Gasteiger partial charge in [-0.25, -0.2) is 8.42 Å². The van der Waals surface area contributed by atoms with Crippen LogP contribution in [-0.4, -0.2) is 51.4 Å². The predicted molar refractivity (Wildman–Crippen MR) is 74.0 cm³/mol. The third kappa shape index (κ3) is 6.34. The molecule has 0 radical (unpaired) electrons. The second-order valence-electron chi connectivity index (χ2n) is 3.96. The molecule has 1 aliphatic rings. The van der Waals surface area contributed by atoms with E-state index in [-0.39, 0.29) is 11.5 Å². The predicted octanol–water partition coefficient (Wildman–Crippen LogP) is 0.321. The maximum Gasteiger partial charge on any atom is 0.152 e. The fourth-order valence-corrected chi connectivity index (χ4v) is 4.33. The molecule has 96 valence electrons. The van der Waals surface area contributed by atoms with Crippen molar-refractivity contribution in [3.63, 3.8) is 0 Å². The molecule has 1 rings (SSSR count). The number of sulfone groups is 1. The number of hydrogen-bond acceptors (Lipinski definition) is 6. The van der Waals surface area contributed by atoms with Gasteiger partial charge in [-0.15, -0.1) is 11.7 Å². The van der Waals surface area contributed by atoms with Gasteiger partial charge in [0.15, 0.2) is 9.84 Å². The van der Waals surface area contributed by atoms with E-state index >= 15 is 0 Å². The summed E-state index contributed by atoms with van der Waals surface area (Å²) in [4.78, 5) is 0. The first-order valence-electron chi connectivity index (χ1n) is 5.55. The summed E-state index contributed by atoms with van der Waals surface area (Å²) in [5.41, 5.74) is 0. The van der Waals surface area contributed by atoms with Crippen molar-refractivity contribution in [2.75, 3.05) is 36.9 Å². The number of piperidine rings is 1. The molecule has 0 amide bonds. The van der Waals surface area contributed by atoms with Gasteiger partial charge in [0.1, 0.15) is 0 Å². The molecule has 0 aliphatic carbocycles. The standard InChI is InChI=1S/C9H20N2O2S3/c12-16(13,8-6-15-14)7-5-11-9-1-3-10-4-2-9/h9-11,14H,1-8H2. The Hall–Kier alpha value is 0.570. The largest absolute Gasteiger partial charge is 0.317 e. The lowest BCUT2D eigenvalue weighted by Crippen LogP contribution is -2.41. The van der Waals surface area contributed by atoms with Crippen LogP contribution in [0.15, 0.2) is 0 Å². The summed E-state index contributed by atoms with van der Waals surface area (Å²) < 4.78 is 23.1. The summed E-state index contributed by atoms with van der Waals surface area (Å²) in [5.74, 6) is 1.04. The third-order valence-electron chi connectivity index (χ3n) is 2.67. The van der Waals surface area contributed by atoms with Crippen molar-refractivity contribution in [3.05, 3.63) is 0 Å². The Morgan fingerprint density at radius 1 is 1.31 bits per heavy atom. The highest BCUT2D eigenvalue weighted by atomic mass is 33.1. The summed E-state index contributed by atoms with van der Waals surface area (Å²) in [6.45, 7) is 2.63. The second kappa shape index (κ2) is 7.81. The third-order valence-corrected chi connectivity index (χ3v) is 5.52. The van der Waals surface area contributed by atoms with Gasteiger partial charge in [0.05, 0.1) is 11.5 Å². The first-order valence-corrected chi connectivity index (χ1v) is 9.41. The van der Waals surface area contributed by atoms with Gasteiger partial charge < -0.3 is 10.6 Å². The lowest BCUT2D eigenvalue weighted by molar-refractivity contribution is 0.394.